The number of halogens is 1. The summed E-state index contributed by atoms with van der Waals surface area (Å²) in [5.41, 5.74) is 2.21. The molecule has 1 amide bonds. The van der Waals surface area contributed by atoms with Gasteiger partial charge in [0.1, 0.15) is 5.82 Å². The normalized spacial score (nSPS) is 14.8. The second kappa shape index (κ2) is 8.09. The number of amides is 1. The molecule has 0 radical (unpaired) electrons. The Morgan fingerprint density at radius 3 is 2.50 bits per heavy atom. The zero-order chi connectivity index (χ0) is 20.5. The molecule has 2 aromatic rings. The zero-order valence-corrected chi connectivity index (χ0v) is 17.8. The molecular formula is C20H24ClN3O3S. The monoisotopic (exact) mass is 421 g/mol. The standard InChI is InChI=1S/C20H24ClN3O3S/c1-13-17(19(22-14(2)18(13)21)24-10-5-4-6-11-24)20(25)23-15-8-7-9-16(12-15)28(3,26)27/h7-9,12H,4-6,10-11H2,1-3H3,(H,23,25). The van der Waals surface area contributed by atoms with Crippen LogP contribution in [0.1, 0.15) is 40.9 Å². The lowest BCUT2D eigenvalue weighted by Gasteiger charge is -2.30. The summed E-state index contributed by atoms with van der Waals surface area (Å²) >= 11 is 6.39. The number of nitrogens with zero attached hydrogens (tertiary/aromatic N) is 2. The van der Waals surface area contributed by atoms with Crippen molar-refractivity contribution in [3.63, 3.8) is 0 Å². The molecule has 0 atom stereocenters. The first-order valence-corrected chi connectivity index (χ1v) is 11.5. The molecule has 1 N–H and O–H groups in total. The molecule has 1 aliphatic heterocycles. The van der Waals surface area contributed by atoms with Crippen molar-refractivity contribution in [1.82, 2.24) is 4.98 Å². The van der Waals surface area contributed by atoms with Gasteiger partial charge in [-0.25, -0.2) is 13.4 Å². The number of hydrogen-bond acceptors (Lipinski definition) is 5. The first kappa shape index (κ1) is 20.6. The lowest BCUT2D eigenvalue weighted by Crippen LogP contribution is -2.33. The van der Waals surface area contributed by atoms with Gasteiger partial charge in [0.15, 0.2) is 9.84 Å². The highest BCUT2D eigenvalue weighted by Gasteiger charge is 2.25. The molecule has 1 saturated heterocycles. The van der Waals surface area contributed by atoms with Gasteiger partial charge in [-0.3, -0.25) is 4.79 Å². The van der Waals surface area contributed by atoms with Gasteiger partial charge in [-0.05, 0) is 56.9 Å². The van der Waals surface area contributed by atoms with Crippen molar-refractivity contribution >= 4 is 38.9 Å². The summed E-state index contributed by atoms with van der Waals surface area (Å²) in [5.74, 6) is 0.286. The number of nitrogens with one attached hydrogen (secondary N) is 1. The van der Waals surface area contributed by atoms with Gasteiger partial charge >= 0.3 is 0 Å². The number of aryl methyl sites for hydroxylation is 1. The fourth-order valence-electron chi connectivity index (χ4n) is 3.42. The number of piperidine rings is 1. The molecule has 0 saturated carbocycles. The molecule has 2 heterocycles. The fourth-order valence-corrected chi connectivity index (χ4v) is 4.22. The second-order valence-corrected chi connectivity index (χ2v) is 9.53. The summed E-state index contributed by atoms with van der Waals surface area (Å²) in [6, 6.07) is 6.21. The third-order valence-corrected chi connectivity index (χ3v) is 6.59. The zero-order valence-electron chi connectivity index (χ0n) is 16.3. The highest BCUT2D eigenvalue weighted by Crippen LogP contribution is 2.32. The number of rotatable bonds is 4. The Bertz CT molecular complexity index is 1020. The van der Waals surface area contributed by atoms with E-state index in [4.69, 9.17) is 11.6 Å². The maximum atomic E-state index is 13.1. The van der Waals surface area contributed by atoms with Gasteiger partial charge < -0.3 is 10.2 Å². The van der Waals surface area contributed by atoms with Crippen molar-refractivity contribution in [3.05, 3.63) is 46.1 Å². The third kappa shape index (κ3) is 4.31. The SMILES string of the molecule is Cc1nc(N2CCCCC2)c(C(=O)Nc2cccc(S(C)(=O)=O)c2)c(C)c1Cl. The number of pyridine rings is 1. The second-order valence-electron chi connectivity index (χ2n) is 7.14. The summed E-state index contributed by atoms with van der Waals surface area (Å²) in [5, 5.41) is 3.28. The first-order valence-electron chi connectivity index (χ1n) is 9.21. The predicted octanol–water partition coefficient (Wildman–Crippen LogP) is 4.00. The molecule has 0 aliphatic carbocycles. The van der Waals surface area contributed by atoms with Gasteiger partial charge in [-0.15, -0.1) is 0 Å². The largest absolute Gasteiger partial charge is 0.356 e. The first-order chi connectivity index (χ1) is 13.2. The third-order valence-electron chi connectivity index (χ3n) is 4.92. The van der Waals surface area contributed by atoms with Crippen LogP contribution in [0.4, 0.5) is 11.5 Å². The molecule has 0 unspecified atom stereocenters. The van der Waals surface area contributed by atoms with Crippen LogP contribution < -0.4 is 10.2 Å². The van der Waals surface area contributed by atoms with Gasteiger partial charge in [0.05, 0.1) is 21.2 Å². The molecule has 6 nitrogen and oxygen atoms in total. The maximum Gasteiger partial charge on any atom is 0.259 e. The summed E-state index contributed by atoms with van der Waals surface area (Å²) < 4.78 is 23.6. The van der Waals surface area contributed by atoms with Crippen molar-refractivity contribution in [1.29, 1.82) is 0 Å². The van der Waals surface area contributed by atoms with Crippen LogP contribution in [0.15, 0.2) is 29.2 Å². The van der Waals surface area contributed by atoms with Crippen molar-refractivity contribution in [2.24, 2.45) is 0 Å². The van der Waals surface area contributed by atoms with Gasteiger partial charge in [0.25, 0.3) is 5.91 Å². The van der Waals surface area contributed by atoms with Crippen LogP contribution in [0, 0.1) is 13.8 Å². The van der Waals surface area contributed by atoms with Gasteiger partial charge in [0.2, 0.25) is 0 Å². The summed E-state index contributed by atoms with van der Waals surface area (Å²) in [6.07, 6.45) is 4.41. The highest BCUT2D eigenvalue weighted by atomic mass is 35.5. The Morgan fingerprint density at radius 2 is 1.86 bits per heavy atom. The van der Waals surface area contributed by atoms with Crippen LogP contribution in [0.3, 0.4) is 0 Å². The Hall–Kier alpha value is -2.12. The minimum Gasteiger partial charge on any atom is -0.356 e. The molecule has 8 heteroatoms. The van der Waals surface area contributed by atoms with E-state index in [-0.39, 0.29) is 10.8 Å². The number of benzene rings is 1. The molecule has 1 aliphatic rings. The number of sulfone groups is 1. The molecule has 1 fully saturated rings. The molecule has 0 spiro atoms. The van der Waals surface area contributed by atoms with Crippen LogP contribution in [0.25, 0.3) is 0 Å². The van der Waals surface area contributed by atoms with Gasteiger partial charge in [0, 0.05) is 25.0 Å². The summed E-state index contributed by atoms with van der Waals surface area (Å²) in [6.45, 7) is 5.33. The number of hydrogen-bond donors (Lipinski definition) is 1. The maximum absolute atomic E-state index is 13.1. The van der Waals surface area contributed by atoms with Crippen LogP contribution in [0.5, 0.6) is 0 Å². The van der Waals surface area contributed by atoms with E-state index >= 15 is 0 Å². The summed E-state index contributed by atoms with van der Waals surface area (Å²) in [7, 11) is -3.36. The topological polar surface area (TPSA) is 79.4 Å². The van der Waals surface area contributed by atoms with Crippen LogP contribution in [0.2, 0.25) is 5.02 Å². The average Bonchev–Trinajstić information content (AvgIpc) is 2.66. The van der Waals surface area contributed by atoms with Crippen molar-refractivity contribution in [3.8, 4) is 0 Å². The fraction of sp³-hybridized carbons (Fsp3) is 0.400. The molecule has 150 valence electrons. The van der Waals surface area contributed by atoms with Gasteiger partial charge in [-0.1, -0.05) is 17.7 Å². The van der Waals surface area contributed by atoms with E-state index in [1.165, 1.54) is 18.6 Å². The van der Waals surface area contributed by atoms with Crippen molar-refractivity contribution < 1.29 is 13.2 Å². The Kier molecular flexibility index (Phi) is 5.95. The average molecular weight is 422 g/mol. The van der Waals surface area contributed by atoms with Gasteiger partial charge in [-0.2, -0.15) is 0 Å². The Morgan fingerprint density at radius 1 is 1.18 bits per heavy atom. The summed E-state index contributed by atoms with van der Waals surface area (Å²) in [4.78, 5) is 20.0. The van der Waals surface area contributed by atoms with Crippen LogP contribution in [-0.4, -0.2) is 38.7 Å². The molecular weight excluding hydrogens is 398 g/mol. The lowest BCUT2D eigenvalue weighted by molar-refractivity contribution is 0.102. The van der Waals surface area contributed by atoms with Crippen LogP contribution in [-0.2, 0) is 9.84 Å². The van der Waals surface area contributed by atoms with E-state index in [0.29, 0.717) is 33.3 Å². The molecule has 1 aromatic heterocycles. The lowest BCUT2D eigenvalue weighted by atomic mass is 10.0. The number of carbonyl (C=O) groups is 1. The van der Waals surface area contributed by atoms with E-state index < -0.39 is 9.84 Å². The predicted molar refractivity (Wildman–Crippen MR) is 112 cm³/mol. The molecule has 3 rings (SSSR count). The smallest absolute Gasteiger partial charge is 0.259 e. The minimum atomic E-state index is -3.36. The van der Waals surface area contributed by atoms with E-state index in [0.717, 1.165) is 32.2 Å². The Labute approximate surface area is 170 Å². The van der Waals surface area contributed by atoms with Crippen molar-refractivity contribution in [2.75, 3.05) is 29.6 Å². The quantitative estimate of drug-likeness (QED) is 0.807. The number of aromatic nitrogens is 1. The van der Waals surface area contributed by atoms with Crippen LogP contribution >= 0.6 is 11.6 Å². The minimum absolute atomic E-state index is 0.151. The number of carbonyl (C=O) groups excluding carboxylic acids is 1. The van der Waals surface area contributed by atoms with E-state index in [1.807, 2.05) is 13.8 Å². The van der Waals surface area contributed by atoms with E-state index in [1.54, 1.807) is 12.1 Å². The molecule has 0 bridgehead atoms. The highest BCUT2D eigenvalue weighted by molar-refractivity contribution is 7.90. The van der Waals surface area contributed by atoms with E-state index in [2.05, 4.69) is 15.2 Å². The van der Waals surface area contributed by atoms with E-state index in [9.17, 15) is 13.2 Å². The molecule has 28 heavy (non-hydrogen) atoms. The number of anilines is 2. The molecule has 1 aromatic carbocycles. The Balaban J connectivity index is 2.00. The van der Waals surface area contributed by atoms with Crippen molar-refractivity contribution in [2.45, 2.75) is 38.0 Å².